The van der Waals surface area contributed by atoms with Crippen LogP contribution in [0.3, 0.4) is 0 Å². The Labute approximate surface area is 156 Å². The number of imidazole rings is 1. The fraction of sp³-hybridized carbons (Fsp3) is 0.105. The summed E-state index contributed by atoms with van der Waals surface area (Å²) in [5.41, 5.74) is 3.11. The first-order valence-corrected chi connectivity index (χ1v) is 8.83. The van der Waals surface area contributed by atoms with E-state index in [-0.39, 0.29) is 0 Å². The van der Waals surface area contributed by atoms with Crippen LogP contribution in [0.4, 0.5) is 0 Å². The molecule has 7 heteroatoms. The molecule has 0 aliphatic rings. The van der Waals surface area contributed by atoms with Crippen molar-refractivity contribution in [1.82, 2.24) is 19.1 Å². The summed E-state index contributed by atoms with van der Waals surface area (Å²) < 4.78 is 3.59. The smallest absolute Gasteiger partial charge is 0.308 e. The van der Waals surface area contributed by atoms with E-state index >= 15 is 0 Å². The number of halogens is 1. The average Bonchev–Trinajstić information content (AvgIpc) is 2.98. The Hall–Kier alpha value is -2.93. The van der Waals surface area contributed by atoms with Gasteiger partial charge < -0.3 is 4.57 Å². The van der Waals surface area contributed by atoms with Gasteiger partial charge in [-0.3, -0.25) is 14.3 Å². The molecule has 0 unspecified atom stereocenters. The first-order valence-electron chi connectivity index (χ1n) is 8.04. The van der Waals surface area contributed by atoms with Crippen molar-refractivity contribution in [2.45, 2.75) is 6.54 Å². The van der Waals surface area contributed by atoms with Gasteiger partial charge in [0.15, 0.2) is 15.9 Å². The van der Waals surface area contributed by atoms with Gasteiger partial charge in [-0.15, -0.1) is 0 Å². The van der Waals surface area contributed by atoms with Gasteiger partial charge in [0, 0.05) is 7.05 Å². The predicted octanol–water partition coefficient (Wildman–Crippen LogP) is 2.90. The van der Waals surface area contributed by atoms with Crippen molar-refractivity contribution in [3.63, 3.8) is 0 Å². The highest BCUT2D eigenvalue weighted by molar-refractivity contribution is 9.10. The lowest BCUT2D eigenvalue weighted by Gasteiger charge is -2.08. The summed E-state index contributed by atoms with van der Waals surface area (Å²) in [6.45, 7) is 0.466. The second-order valence-electron chi connectivity index (χ2n) is 6.02. The summed E-state index contributed by atoms with van der Waals surface area (Å²) in [4.78, 5) is 30.7. The Balaban J connectivity index is 1.74. The standard InChI is InChI=1S/C19H15BrN4O2/c1-23-16-15(17(25)22-19(23)26)24(18(20)21-16)11-12-7-9-14(10-8-12)13-5-3-2-4-6-13/h2-10H,11H2,1H3,(H,22,25,26). The van der Waals surface area contributed by atoms with Crippen molar-refractivity contribution in [3.05, 3.63) is 85.7 Å². The fourth-order valence-corrected chi connectivity index (χ4v) is 3.44. The molecule has 130 valence electrons. The summed E-state index contributed by atoms with van der Waals surface area (Å²) in [7, 11) is 1.58. The summed E-state index contributed by atoms with van der Waals surface area (Å²) in [6.07, 6.45) is 0. The molecule has 1 N–H and O–H groups in total. The molecule has 0 aliphatic carbocycles. The Kier molecular flexibility index (Phi) is 4.08. The highest BCUT2D eigenvalue weighted by Crippen LogP contribution is 2.22. The fourth-order valence-electron chi connectivity index (χ4n) is 2.97. The number of H-pyrrole nitrogens is 1. The third-order valence-corrected chi connectivity index (χ3v) is 4.97. The molecule has 0 saturated carbocycles. The molecule has 6 nitrogen and oxygen atoms in total. The van der Waals surface area contributed by atoms with E-state index in [1.54, 1.807) is 11.6 Å². The van der Waals surface area contributed by atoms with Crippen LogP contribution in [-0.2, 0) is 13.6 Å². The molecule has 0 amide bonds. The SMILES string of the molecule is Cn1c(=O)[nH]c(=O)c2c1nc(Br)n2Cc1ccc(-c2ccccc2)cc1. The monoisotopic (exact) mass is 410 g/mol. The zero-order valence-corrected chi connectivity index (χ0v) is 15.5. The van der Waals surface area contributed by atoms with Gasteiger partial charge in [-0.05, 0) is 32.6 Å². The lowest BCUT2D eigenvalue weighted by molar-refractivity contribution is 0.791. The predicted molar refractivity (Wildman–Crippen MR) is 104 cm³/mol. The number of benzene rings is 2. The zero-order chi connectivity index (χ0) is 18.3. The minimum absolute atomic E-state index is 0.353. The van der Waals surface area contributed by atoms with E-state index < -0.39 is 11.2 Å². The molecule has 2 aromatic carbocycles. The number of aryl methyl sites for hydroxylation is 1. The number of aromatic nitrogens is 4. The van der Waals surface area contributed by atoms with Crippen LogP contribution in [0.25, 0.3) is 22.3 Å². The quantitative estimate of drug-likeness (QED) is 0.527. The van der Waals surface area contributed by atoms with Gasteiger partial charge in [0.25, 0.3) is 5.56 Å². The van der Waals surface area contributed by atoms with Crippen LogP contribution in [0.2, 0.25) is 0 Å². The van der Waals surface area contributed by atoms with Gasteiger partial charge in [-0.25, -0.2) is 9.78 Å². The van der Waals surface area contributed by atoms with Gasteiger partial charge >= 0.3 is 5.69 Å². The maximum Gasteiger partial charge on any atom is 0.329 e. The van der Waals surface area contributed by atoms with Gasteiger partial charge in [0.1, 0.15) is 0 Å². The van der Waals surface area contributed by atoms with Gasteiger partial charge in [-0.1, -0.05) is 54.6 Å². The summed E-state index contributed by atoms with van der Waals surface area (Å²) in [6, 6.07) is 18.3. The topological polar surface area (TPSA) is 72.7 Å². The normalized spacial score (nSPS) is 11.2. The first-order chi connectivity index (χ1) is 12.5. The van der Waals surface area contributed by atoms with E-state index in [0.29, 0.717) is 22.4 Å². The van der Waals surface area contributed by atoms with E-state index in [0.717, 1.165) is 16.7 Å². The average molecular weight is 411 g/mol. The van der Waals surface area contributed by atoms with E-state index in [9.17, 15) is 9.59 Å². The van der Waals surface area contributed by atoms with Crippen LogP contribution in [0.15, 0.2) is 68.9 Å². The Bertz CT molecular complexity index is 1200. The second kappa shape index (κ2) is 6.42. The molecule has 2 heterocycles. The molecule has 0 bridgehead atoms. The molecule has 0 radical (unpaired) electrons. The van der Waals surface area contributed by atoms with E-state index in [4.69, 9.17) is 0 Å². The third-order valence-electron chi connectivity index (χ3n) is 4.36. The number of hydrogen-bond acceptors (Lipinski definition) is 3. The second-order valence-corrected chi connectivity index (χ2v) is 6.73. The molecule has 2 aromatic heterocycles. The maximum atomic E-state index is 12.3. The molecule has 26 heavy (non-hydrogen) atoms. The Morgan fingerprint density at radius 2 is 1.65 bits per heavy atom. The van der Waals surface area contributed by atoms with Crippen molar-refractivity contribution in [1.29, 1.82) is 0 Å². The number of nitrogens with one attached hydrogen (secondary N) is 1. The molecule has 0 aliphatic heterocycles. The first kappa shape index (κ1) is 16.5. The highest BCUT2D eigenvalue weighted by atomic mass is 79.9. The molecule has 0 atom stereocenters. The van der Waals surface area contributed by atoms with Crippen LogP contribution in [0, 0.1) is 0 Å². The molecule has 4 rings (SSSR count). The summed E-state index contributed by atoms with van der Waals surface area (Å²) in [5, 5.41) is 0. The maximum absolute atomic E-state index is 12.3. The van der Waals surface area contributed by atoms with Crippen LogP contribution in [-0.4, -0.2) is 19.1 Å². The van der Waals surface area contributed by atoms with Crippen molar-refractivity contribution in [3.8, 4) is 11.1 Å². The summed E-state index contributed by atoms with van der Waals surface area (Å²) >= 11 is 3.39. The van der Waals surface area contributed by atoms with Crippen molar-refractivity contribution < 1.29 is 0 Å². The largest absolute Gasteiger partial charge is 0.329 e. The molecule has 0 fully saturated rings. The van der Waals surface area contributed by atoms with Crippen LogP contribution >= 0.6 is 15.9 Å². The van der Waals surface area contributed by atoms with Gasteiger partial charge in [0.05, 0.1) is 6.54 Å². The van der Waals surface area contributed by atoms with Crippen molar-refractivity contribution >= 4 is 27.1 Å². The summed E-state index contributed by atoms with van der Waals surface area (Å²) in [5.74, 6) is 0. The number of aromatic amines is 1. The Morgan fingerprint density at radius 3 is 2.35 bits per heavy atom. The number of nitrogens with zero attached hydrogens (tertiary/aromatic N) is 3. The van der Waals surface area contributed by atoms with Gasteiger partial charge in [0.2, 0.25) is 0 Å². The van der Waals surface area contributed by atoms with E-state index in [1.807, 2.05) is 30.3 Å². The minimum Gasteiger partial charge on any atom is -0.308 e. The van der Waals surface area contributed by atoms with Gasteiger partial charge in [-0.2, -0.15) is 0 Å². The molecule has 0 spiro atoms. The molecular formula is C19H15BrN4O2. The lowest BCUT2D eigenvalue weighted by Crippen LogP contribution is -2.29. The van der Waals surface area contributed by atoms with Crippen LogP contribution in [0.1, 0.15) is 5.56 Å². The van der Waals surface area contributed by atoms with Crippen LogP contribution in [0.5, 0.6) is 0 Å². The van der Waals surface area contributed by atoms with E-state index in [1.165, 1.54) is 4.57 Å². The number of fused-ring (bicyclic) bond motifs is 1. The number of hydrogen-bond donors (Lipinski definition) is 1. The highest BCUT2D eigenvalue weighted by Gasteiger charge is 2.16. The van der Waals surface area contributed by atoms with Crippen LogP contribution < -0.4 is 11.2 Å². The van der Waals surface area contributed by atoms with Crippen molar-refractivity contribution in [2.24, 2.45) is 7.05 Å². The lowest BCUT2D eigenvalue weighted by atomic mass is 10.0. The molecule has 4 aromatic rings. The zero-order valence-electron chi connectivity index (χ0n) is 13.9. The van der Waals surface area contributed by atoms with E-state index in [2.05, 4.69) is 50.2 Å². The third kappa shape index (κ3) is 2.80. The minimum atomic E-state index is -0.480. The van der Waals surface area contributed by atoms with Crippen molar-refractivity contribution in [2.75, 3.05) is 0 Å². The molecular weight excluding hydrogens is 396 g/mol. The number of rotatable bonds is 3. The molecule has 0 saturated heterocycles. The Morgan fingerprint density at radius 1 is 1.00 bits per heavy atom.